The summed E-state index contributed by atoms with van der Waals surface area (Å²) in [7, 11) is 3.61. The van der Waals surface area contributed by atoms with Gasteiger partial charge in [0.1, 0.15) is 0 Å². The summed E-state index contributed by atoms with van der Waals surface area (Å²) in [5.74, 6) is 0.217. The molecule has 0 spiro atoms. The highest BCUT2D eigenvalue weighted by atomic mass is 35.5. The molecule has 1 rings (SSSR count). The Morgan fingerprint density at radius 2 is 2.00 bits per heavy atom. The van der Waals surface area contributed by atoms with Gasteiger partial charge in [0.05, 0.1) is 5.41 Å². The van der Waals surface area contributed by atoms with Gasteiger partial charge in [-0.05, 0) is 33.2 Å². The van der Waals surface area contributed by atoms with Crippen LogP contribution >= 0.6 is 12.4 Å². The second-order valence-corrected chi connectivity index (χ2v) is 5.13. The van der Waals surface area contributed by atoms with Crippen molar-refractivity contribution in [3.63, 3.8) is 0 Å². The van der Waals surface area contributed by atoms with Gasteiger partial charge < -0.3 is 15.4 Å². The summed E-state index contributed by atoms with van der Waals surface area (Å²) in [6.07, 6.45) is 5.20. The molecule has 1 aliphatic rings. The molecule has 1 unspecified atom stereocenters. The Morgan fingerprint density at radius 1 is 1.39 bits per heavy atom. The van der Waals surface area contributed by atoms with Crippen molar-refractivity contribution >= 4 is 18.3 Å². The molecular weight excluding hydrogens is 252 g/mol. The van der Waals surface area contributed by atoms with Crippen molar-refractivity contribution in [2.75, 3.05) is 27.3 Å². The number of rotatable bonds is 7. The van der Waals surface area contributed by atoms with Gasteiger partial charge in [0.2, 0.25) is 5.91 Å². The van der Waals surface area contributed by atoms with Crippen LogP contribution in [0.2, 0.25) is 0 Å². The third-order valence-electron chi connectivity index (χ3n) is 3.89. The van der Waals surface area contributed by atoms with Crippen molar-refractivity contribution in [1.29, 1.82) is 0 Å². The van der Waals surface area contributed by atoms with Crippen LogP contribution in [0.5, 0.6) is 0 Å². The van der Waals surface area contributed by atoms with E-state index in [4.69, 9.17) is 4.74 Å². The third kappa shape index (κ3) is 4.75. The first-order chi connectivity index (χ1) is 8.14. The molecule has 0 aliphatic heterocycles. The van der Waals surface area contributed by atoms with Crippen LogP contribution in [0.4, 0.5) is 0 Å². The summed E-state index contributed by atoms with van der Waals surface area (Å²) >= 11 is 0. The van der Waals surface area contributed by atoms with Crippen LogP contribution in [-0.2, 0) is 9.53 Å². The first-order valence-electron chi connectivity index (χ1n) is 6.59. The van der Waals surface area contributed by atoms with Gasteiger partial charge >= 0.3 is 0 Å². The van der Waals surface area contributed by atoms with Gasteiger partial charge in [0.25, 0.3) is 0 Å². The lowest BCUT2D eigenvalue weighted by atomic mass is 9.82. The fourth-order valence-electron chi connectivity index (χ4n) is 2.48. The molecule has 108 valence electrons. The zero-order valence-corrected chi connectivity index (χ0v) is 12.6. The van der Waals surface area contributed by atoms with Crippen molar-refractivity contribution in [2.45, 2.75) is 45.1 Å². The van der Waals surface area contributed by atoms with Crippen LogP contribution in [0.15, 0.2) is 0 Å². The van der Waals surface area contributed by atoms with Crippen molar-refractivity contribution in [3.05, 3.63) is 0 Å². The summed E-state index contributed by atoms with van der Waals surface area (Å²) in [4.78, 5) is 12.3. The predicted octanol–water partition coefficient (Wildman–Crippen LogP) is 1.73. The molecule has 0 aromatic rings. The Hall–Kier alpha value is -0.320. The molecule has 0 heterocycles. The van der Waals surface area contributed by atoms with Crippen molar-refractivity contribution in [2.24, 2.45) is 5.41 Å². The Labute approximate surface area is 117 Å². The first-order valence-corrected chi connectivity index (χ1v) is 6.59. The van der Waals surface area contributed by atoms with Crippen LogP contribution in [0, 0.1) is 5.41 Å². The first kappa shape index (κ1) is 17.7. The quantitative estimate of drug-likeness (QED) is 0.746. The van der Waals surface area contributed by atoms with E-state index in [1.54, 1.807) is 7.11 Å². The highest BCUT2D eigenvalue weighted by Gasteiger charge is 2.40. The largest absolute Gasteiger partial charge is 0.385 e. The topological polar surface area (TPSA) is 50.4 Å². The maximum absolute atomic E-state index is 12.3. The fourth-order valence-corrected chi connectivity index (χ4v) is 2.48. The second kappa shape index (κ2) is 8.73. The number of hydrogen-bond acceptors (Lipinski definition) is 3. The number of likely N-dealkylation sites (N-methyl/N-ethyl adjacent to an activating group) is 1. The molecule has 0 aromatic heterocycles. The van der Waals surface area contributed by atoms with Gasteiger partial charge in [-0.15, -0.1) is 12.4 Å². The molecule has 0 radical (unpaired) electrons. The van der Waals surface area contributed by atoms with E-state index < -0.39 is 0 Å². The lowest BCUT2D eigenvalue weighted by molar-refractivity contribution is -0.132. The Balaban J connectivity index is 0.00000289. The standard InChI is InChI=1S/C13H26N2O2.ClH/c1-11(14-2)10-15-12(16)13(8-9-17-3)6-4-5-7-13;/h11,14H,4-10H2,1-3H3,(H,15,16);1H. The van der Waals surface area contributed by atoms with Crippen LogP contribution in [0.1, 0.15) is 39.0 Å². The summed E-state index contributed by atoms with van der Waals surface area (Å²) in [6, 6.07) is 0.319. The van der Waals surface area contributed by atoms with E-state index in [0.717, 1.165) is 19.3 Å². The van der Waals surface area contributed by atoms with E-state index in [2.05, 4.69) is 17.6 Å². The number of nitrogens with one attached hydrogen (secondary N) is 2. The number of carbonyl (C=O) groups is 1. The highest BCUT2D eigenvalue weighted by molar-refractivity contribution is 5.85. The van der Waals surface area contributed by atoms with Crippen LogP contribution < -0.4 is 10.6 Å². The molecule has 4 nitrogen and oxygen atoms in total. The molecule has 5 heteroatoms. The summed E-state index contributed by atoms with van der Waals surface area (Å²) in [5, 5.41) is 6.20. The van der Waals surface area contributed by atoms with Gasteiger partial charge in [-0.3, -0.25) is 4.79 Å². The van der Waals surface area contributed by atoms with Gasteiger partial charge in [0, 0.05) is 26.3 Å². The fraction of sp³-hybridized carbons (Fsp3) is 0.923. The molecule has 1 fully saturated rings. The zero-order valence-electron chi connectivity index (χ0n) is 11.8. The van der Waals surface area contributed by atoms with Gasteiger partial charge in [-0.2, -0.15) is 0 Å². The molecule has 2 N–H and O–H groups in total. The molecule has 1 atom stereocenters. The molecule has 0 saturated heterocycles. The van der Waals surface area contributed by atoms with Crippen molar-refractivity contribution < 1.29 is 9.53 Å². The van der Waals surface area contributed by atoms with E-state index >= 15 is 0 Å². The van der Waals surface area contributed by atoms with Crippen LogP contribution in [0.3, 0.4) is 0 Å². The summed E-state index contributed by atoms with van der Waals surface area (Å²) < 4.78 is 5.13. The smallest absolute Gasteiger partial charge is 0.226 e. The average Bonchev–Trinajstić information content (AvgIpc) is 2.82. The Bertz CT molecular complexity index is 243. The van der Waals surface area contributed by atoms with E-state index in [1.165, 1.54) is 12.8 Å². The Morgan fingerprint density at radius 3 is 2.50 bits per heavy atom. The molecular formula is C13H27ClN2O2. The normalized spacial score (nSPS) is 19.1. The van der Waals surface area contributed by atoms with E-state index in [-0.39, 0.29) is 23.7 Å². The Kier molecular flexibility index (Phi) is 8.57. The van der Waals surface area contributed by atoms with Gasteiger partial charge in [-0.1, -0.05) is 12.8 Å². The zero-order chi connectivity index (χ0) is 12.7. The average molecular weight is 279 g/mol. The number of ether oxygens (including phenoxy) is 1. The lowest BCUT2D eigenvalue weighted by Gasteiger charge is -2.28. The van der Waals surface area contributed by atoms with Crippen LogP contribution in [0.25, 0.3) is 0 Å². The molecule has 1 saturated carbocycles. The number of carbonyl (C=O) groups excluding carboxylic acids is 1. The predicted molar refractivity (Wildman–Crippen MR) is 76.2 cm³/mol. The number of halogens is 1. The van der Waals surface area contributed by atoms with Crippen molar-refractivity contribution in [1.82, 2.24) is 10.6 Å². The lowest BCUT2D eigenvalue weighted by Crippen LogP contribution is -2.44. The van der Waals surface area contributed by atoms with Gasteiger partial charge in [0.15, 0.2) is 0 Å². The van der Waals surface area contributed by atoms with E-state index in [9.17, 15) is 4.79 Å². The molecule has 0 aromatic carbocycles. The van der Waals surface area contributed by atoms with E-state index in [1.807, 2.05) is 7.05 Å². The molecule has 0 bridgehead atoms. The number of amides is 1. The van der Waals surface area contributed by atoms with Gasteiger partial charge in [-0.25, -0.2) is 0 Å². The summed E-state index contributed by atoms with van der Waals surface area (Å²) in [6.45, 7) is 3.44. The third-order valence-corrected chi connectivity index (χ3v) is 3.89. The minimum absolute atomic E-state index is 0. The van der Waals surface area contributed by atoms with E-state index in [0.29, 0.717) is 19.2 Å². The maximum atomic E-state index is 12.3. The number of hydrogen-bond donors (Lipinski definition) is 2. The minimum Gasteiger partial charge on any atom is -0.385 e. The molecule has 18 heavy (non-hydrogen) atoms. The second-order valence-electron chi connectivity index (χ2n) is 5.13. The monoisotopic (exact) mass is 278 g/mol. The minimum atomic E-state index is -0.163. The molecule has 1 amide bonds. The molecule has 1 aliphatic carbocycles. The SMILES string of the molecule is CNC(C)CNC(=O)C1(CCOC)CCCC1.Cl. The highest BCUT2D eigenvalue weighted by Crippen LogP contribution is 2.41. The maximum Gasteiger partial charge on any atom is 0.226 e. The van der Waals surface area contributed by atoms with Crippen molar-refractivity contribution in [3.8, 4) is 0 Å². The summed E-state index contributed by atoms with van der Waals surface area (Å²) in [5.41, 5.74) is -0.163. The number of methoxy groups -OCH3 is 1. The van der Waals surface area contributed by atoms with Crippen LogP contribution in [-0.4, -0.2) is 39.3 Å².